The van der Waals surface area contributed by atoms with E-state index >= 15 is 0 Å². The summed E-state index contributed by atoms with van der Waals surface area (Å²) in [4.78, 5) is 38.5. The van der Waals surface area contributed by atoms with Crippen molar-refractivity contribution in [3.63, 3.8) is 0 Å². The fourth-order valence-electron chi connectivity index (χ4n) is 2.82. The van der Waals surface area contributed by atoms with E-state index in [-0.39, 0.29) is 30.5 Å². The van der Waals surface area contributed by atoms with Gasteiger partial charge in [0.25, 0.3) is 5.91 Å². The number of Topliss-reactive ketones (excluding diaryl/α,β-unsaturated/α-hetero) is 1. The largest absolute Gasteiger partial charge is 0.459 e. The summed E-state index contributed by atoms with van der Waals surface area (Å²) in [5.74, 6) is -0.773. The molecule has 0 saturated heterocycles. The van der Waals surface area contributed by atoms with Crippen molar-refractivity contribution in [1.82, 2.24) is 4.90 Å². The number of nitrogens with one attached hydrogen (secondary N) is 1. The lowest BCUT2D eigenvalue weighted by molar-refractivity contribution is -0.117. The fourth-order valence-corrected chi connectivity index (χ4v) is 2.82. The molecule has 0 saturated carbocycles. The molecule has 6 nitrogen and oxygen atoms in total. The van der Waals surface area contributed by atoms with E-state index in [1.807, 2.05) is 30.3 Å². The first-order valence-electron chi connectivity index (χ1n) is 8.81. The second-order valence-electron chi connectivity index (χ2n) is 6.27. The Bertz CT molecular complexity index is 965. The zero-order valence-electron chi connectivity index (χ0n) is 15.4. The van der Waals surface area contributed by atoms with Crippen LogP contribution in [0.3, 0.4) is 0 Å². The van der Waals surface area contributed by atoms with Crippen LogP contribution in [0.2, 0.25) is 0 Å². The van der Waals surface area contributed by atoms with Crippen LogP contribution in [0.5, 0.6) is 0 Å². The number of furan rings is 1. The number of carbonyl (C=O) groups excluding carboxylic acids is 3. The van der Waals surface area contributed by atoms with Crippen LogP contribution in [0.4, 0.5) is 5.69 Å². The molecule has 3 aromatic rings. The Morgan fingerprint density at radius 1 is 0.929 bits per heavy atom. The zero-order valence-corrected chi connectivity index (χ0v) is 15.4. The number of ketones is 1. The third-order valence-corrected chi connectivity index (χ3v) is 4.15. The Balaban J connectivity index is 1.78. The van der Waals surface area contributed by atoms with Gasteiger partial charge >= 0.3 is 0 Å². The average molecular weight is 376 g/mol. The van der Waals surface area contributed by atoms with Gasteiger partial charge in [-0.05, 0) is 36.8 Å². The van der Waals surface area contributed by atoms with Crippen LogP contribution in [0.25, 0.3) is 0 Å². The summed E-state index contributed by atoms with van der Waals surface area (Å²) >= 11 is 0. The highest BCUT2D eigenvalue weighted by molar-refractivity contribution is 6.05. The molecule has 0 bridgehead atoms. The molecule has 0 atom stereocenters. The van der Waals surface area contributed by atoms with Gasteiger partial charge in [0.15, 0.2) is 11.5 Å². The van der Waals surface area contributed by atoms with E-state index in [0.717, 1.165) is 5.56 Å². The smallest absolute Gasteiger partial charge is 0.290 e. The SMILES string of the molecule is CC(=O)c1ccccc1NC(=O)CN(Cc1ccccc1)C(=O)c1ccco1. The lowest BCUT2D eigenvalue weighted by atomic mass is 10.1. The molecule has 0 aliphatic carbocycles. The van der Waals surface area contributed by atoms with Crippen LogP contribution in [-0.2, 0) is 11.3 Å². The van der Waals surface area contributed by atoms with Crippen LogP contribution in [0, 0.1) is 0 Å². The van der Waals surface area contributed by atoms with Crippen LogP contribution in [0.15, 0.2) is 77.4 Å². The molecule has 6 heteroatoms. The minimum absolute atomic E-state index is 0.149. The average Bonchev–Trinajstić information content (AvgIpc) is 3.23. The third-order valence-electron chi connectivity index (χ3n) is 4.15. The van der Waals surface area contributed by atoms with Crippen molar-refractivity contribution in [2.75, 3.05) is 11.9 Å². The van der Waals surface area contributed by atoms with Gasteiger partial charge in [-0.3, -0.25) is 14.4 Å². The summed E-state index contributed by atoms with van der Waals surface area (Å²) in [6, 6.07) is 19.3. The van der Waals surface area contributed by atoms with Crippen molar-refractivity contribution < 1.29 is 18.8 Å². The molecular formula is C22H20N2O4. The number of rotatable bonds is 7. The van der Waals surface area contributed by atoms with Crippen molar-refractivity contribution in [2.24, 2.45) is 0 Å². The Morgan fingerprint density at radius 2 is 1.64 bits per heavy atom. The molecule has 0 radical (unpaired) electrons. The first-order chi connectivity index (χ1) is 13.5. The summed E-state index contributed by atoms with van der Waals surface area (Å²) < 4.78 is 5.20. The first-order valence-corrected chi connectivity index (χ1v) is 8.81. The quantitative estimate of drug-likeness (QED) is 0.637. The highest BCUT2D eigenvalue weighted by Crippen LogP contribution is 2.16. The number of amides is 2. The predicted molar refractivity (Wildman–Crippen MR) is 105 cm³/mol. The number of anilines is 1. The van der Waals surface area contributed by atoms with Gasteiger partial charge in [0.1, 0.15) is 6.54 Å². The lowest BCUT2D eigenvalue weighted by Gasteiger charge is -2.21. The highest BCUT2D eigenvalue weighted by Gasteiger charge is 2.22. The van der Waals surface area contributed by atoms with E-state index in [9.17, 15) is 14.4 Å². The normalized spacial score (nSPS) is 10.3. The minimum atomic E-state index is -0.399. The van der Waals surface area contributed by atoms with Gasteiger partial charge in [-0.25, -0.2) is 0 Å². The number of para-hydroxylation sites is 1. The molecular weight excluding hydrogens is 356 g/mol. The van der Waals surface area contributed by atoms with Crippen molar-refractivity contribution >= 4 is 23.3 Å². The monoisotopic (exact) mass is 376 g/mol. The van der Waals surface area contributed by atoms with Crippen LogP contribution in [-0.4, -0.2) is 29.0 Å². The van der Waals surface area contributed by atoms with Crippen molar-refractivity contribution in [3.8, 4) is 0 Å². The lowest BCUT2D eigenvalue weighted by Crippen LogP contribution is -2.37. The molecule has 3 rings (SSSR count). The molecule has 142 valence electrons. The Labute approximate surface area is 162 Å². The van der Waals surface area contributed by atoms with Gasteiger partial charge in [-0.1, -0.05) is 42.5 Å². The number of hydrogen-bond acceptors (Lipinski definition) is 4. The molecule has 2 amide bonds. The van der Waals surface area contributed by atoms with E-state index in [1.165, 1.54) is 18.1 Å². The highest BCUT2D eigenvalue weighted by atomic mass is 16.3. The maximum absolute atomic E-state index is 12.8. The van der Waals surface area contributed by atoms with Crippen molar-refractivity contribution in [2.45, 2.75) is 13.5 Å². The number of nitrogens with zero attached hydrogens (tertiary/aromatic N) is 1. The van der Waals surface area contributed by atoms with E-state index < -0.39 is 5.91 Å². The molecule has 28 heavy (non-hydrogen) atoms. The molecule has 0 aliphatic heterocycles. The van der Waals surface area contributed by atoms with Gasteiger partial charge in [-0.15, -0.1) is 0 Å². The summed E-state index contributed by atoms with van der Waals surface area (Å²) in [6.07, 6.45) is 1.41. The maximum Gasteiger partial charge on any atom is 0.290 e. The molecule has 0 spiro atoms. The Kier molecular flexibility index (Phi) is 6.01. The second kappa shape index (κ2) is 8.81. The summed E-state index contributed by atoms with van der Waals surface area (Å²) in [7, 11) is 0. The molecule has 0 fully saturated rings. The fraction of sp³-hybridized carbons (Fsp3) is 0.136. The third kappa shape index (κ3) is 4.73. The number of hydrogen-bond donors (Lipinski definition) is 1. The number of carbonyl (C=O) groups is 3. The topological polar surface area (TPSA) is 79.6 Å². The van der Waals surface area contributed by atoms with Gasteiger partial charge in [-0.2, -0.15) is 0 Å². The molecule has 1 aromatic heterocycles. The van der Waals surface area contributed by atoms with Gasteiger partial charge in [0.05, 0.1) is 12.0 Å². The molecule has 0 unspecified atom stereocenters. The van der Waals surface area contributed by atoms with E-state index in [1.54, 1.807) is 36.4 Å². The number of benzene rings is 2. The molecule has 1 heterocycles. The second-order valence-corrected chi connectivity index (χ2v) is 6.27. The Morgan fingerprint density at radius 3 is 2.32 bits per heavy atom. The molecule has 2 aromatic carbocycles. The summed E-state index contributed by atoms with van der Waals surface area (Å²) in [5, 5.41) is 2.72. The first kappa shape index (κ1) is 19.1. The molecule has 0 aliphatic rings. The van der Waals surface area contributed by atoms with E-state index in [0.29, 0.717) is 11.3 Å². The zero-order chi connectivity index (χ0) is 19.9. The van der Waals surface area contributed by atoms with Crippen molar-refractivity contribution in [3.05, 3.63) is 89.9 Å². The van der Waals surface area contributed by atoms with Gasteiger partial charge in [0.2, 0.25) is 5.91 Å². The van der Waals surface area contributed by atoms with E-state index in [2.05, 4.69) is 5.32 Å². The van der Waals surface area contributed by atoms with Crippen molar-refractivity contribution in [1.29, 1.82) is 0 Å². The summed E-state index contributed by atoms with van der Waals surface area (Å²) in [5.41, 5.74) is 1.73. The standard InChI is InChI=1S/C22H20N2O4/c1-16(25)18-10-5-6-11-19(18)23-21(26)15-24(14-17-8-3-2-4-9-17)22(27)20-12-7-13-28-20/h2-13H,14-15H2,1H3,(H,23,26). The predicted octanol–water partition coefficient (Wildman–Crippen LogP) is 3.76. The molecule has 1 N–H and O–H groups in total. The summed E-state index contributed by atoms with van der Waals surface area (Å²) in [6.45, 7) is 1.51. The van der Waals surface area contributed by atoms with Crippen LogP contribution >= 0.6 is 0 Å². The minimum Gasteiger partial charge on any atom is -0.459 e. The van der Waals surface area contributed by atoms with Crippen LogP contribution < -0.4 is 5.32 Å². The van der Waals surface area contributed by atoms with Gasteiger partial charge < -0.3 is 14.6 Å². The Hall–Kier alpha value is -3.67. The van der Waals surface area contributed by atoms with Gasteiger partial charge in [0, 0.05) is 12.1 Å². The van der Waals surface area contributed by atoms with Crippen LogP contribution in [0.1, 0.15) is 33.4 Å². The maximum atomic E-state index is 12.8. The van der Waals surface area contributed by atoms with E-state index in [4.69, 9.17) is 4.42 Å².